The van der Waals surface area contributed by atoms with E-state index in [0.717, 1.165) is 29.9 Å². The molecule has 1 aromatic carbocycles. The molecule has 2 N–H and O–H groups in total. The molecule has 0 aliphatic carbocycles. The van der Waals surface area contributed by atoms with Crippen molar-refractivity contribution in [3.05, 3.63) is 53.3 Å². The number of ketones is 1. The number of fused-ring (bicyclic) bond motifs is 1. The van der Waals surface area contributed by atoms with Gasteiger partial charge in [0.1, 0.15) is 0 Å². The molecule has 2 heterocycles. The Balaban J connectivity index is 1.95. The molecule has 0 saturated heterocycles. The number of hydrogen-bond donors (Lipinski definition) is 2. The predicted octanol–water partition coefficient (Wildman–Crippen LogP) is 2.21. The molecule has 2 aromatic rings. The van der Waals surface area contributed by atoms with Crippen LogP contribution in [0.25, 0.3) is 0 Å². The van der Waals surface area contributed by atoms with Crippen molar-refractivity contribution in [3.63, 3.8) is 0 Å². The highest BCUT2D eigenvalue weighted by molar-refractivity contribution is 6.08. The highest BCUT2D eigenvalue weighted by Crippen LogP contribution is 2.23. The maximum Gasteiger partial charge on any atom is 0.209 e. The third-order valence-corrected chi connectivity index (χ3v) is 2.87. The lowest BCUT2D eigenvalue weighted by atomic mass is 10.1. The molecule has 1 aliphatic rings. The van der Waals surface area contributed by atoms with E-state index in [4.69, 9.17) is 0 Å². The van der Waals surface area contributed by atoms with Crippen LogP contribution in [0, 0.1) is 0 Å². The lowest BCUT2D eigenvalue weighted by Crippen LogP contribution is -2.02. The molecular formula is C13H12N2O. The summed E-state index contributed by atoms with van der Waals surface area (Å²) in [6.45, 7) is 0.959. The summed E-state index contributed by atoms with van der Waals surface area (Å²) in [5.41, 5.74) is 3.60. The summed E-state index contributed by atoms with van der Waals surface area (Å²) < 4.78 is 0. The minimum absolute atomic E-state index is 0.0526. The quantitative estimate of drug-likeness (QED) is 0.750. The van der Waals surface area contributed by atoms with Gasteiger partial charge in [-0.05, 0) is 6.07 Å². The number of benzene rings is 1. The number of carbonyl (C=O) groups excluding carboxylic acids is 1. The molecule has 80 valence electrons. The van der Waals surface area contributed by atoms with E-state index in [1.807, 2.05) is 36.4 Å². The third-order valence-electron chi connectivity index (χ3n) is 2.87. The van der Waals surface area contributed by atoms with E-state index in [0.29, 0.717) is 5.69 Å². The number of rotatable bonds is 2. The van der Waals surface area contributed by atoms with Crippen molar-refractivity contribution < 1.29 is 4.79 Å². The zero-order valence-electron chi connectivity index (χ0n) is 8.79. The fraction of sp³-hybridized carbons (Fsp3) is 0.154. The molecule has 0 spiro atoms. The van der Waals surface area contributed by atoms with Gasteiger partial charge in [-0.15, -0.1) is 0 Å². The van der Waals surface area contributed by atoms with E-state index in [9.17, 15) is 4.79 Å². The van der Waals surface area contributed by atoms with Gasteiger partial charge >= 0.3 is 0 Å². The zero-order valence-corrected chi connectivity index (χ0v) is 8.79. The SMILES string of the molecule is O=C(c1ccccc1)c1cc2c([nH]1)CCN2. The third kappa shape index (κ3) is 1.41. The Hall–Kier alpha value is -2.03. The largest absolute Gasteiger partial charge is 0.383 e. The number of aromatic amines is 1. The van der Waals surface area contributed by atoms with Crippen molar-refractivity contribution in [2.75, 3.05) is 11.9 Å². The first-order valence-corrected chi connectivity index (χ1v) is 5.40. The second-order valence-electron chi connectivity index (χ2n) is 3.95. The summed E-state index contributed by atoms with van der Waals surface area (Å²) in [7, 11) is 0. The highest BCUT2D eigenvalue weighted by atomic mass is 16.1. The maximum atomic E-state index is 12.1. The smallest absolute Gasteiger partial charge is 0.209 e. The molecule has 0 fully saturated rings. The molecule has 0 radical (unpaired) electrons. The lowest BCUT2D eigenvalue weighted by Gasteiger charge is -1.98. The second kappa shape index (κ2) is 3.52. The number of hydrogen-bond acceptors (Lipinski definition) is 2. The summed E-state index contributed by atoms with van der Waals surface area (Å²) in [5.74, 6) is 0.0526. The summed E-state index contributed by atoms with van der Waals surface area (Å²) >= 11 is 0. The number of H-pyrrole nitrogens is 1. The van der Waals surface area contributed by atoms with Crippen LogP contribution in [0.15, 0.2) is 36.4 Å². The highest BCUT2D eigenvalue weighted by Gasteiger charge is 2.17. The van der Waals surface area contributed by atoms with E-state index < -0.39 is 0 Å². The van der Waals surface area contributed by atoms with Gasteiger partial charge in [-0.1, -0.05) is 30.3 Å². The molecule has 0 unspecified atom stereocenters. The molecule has 16 heavy (non-hydrogen) atoms. The number of aromatic nitrogens is 1. The van der Waals surface area contributed by atoms with E-state index in [-0.39, 0.29) is 5.78 Å². The lowest BCUT2D eigenvalue weighted by molar-refractivity contribution is 0.103. The molecule has 0 saturated carbocycles. The number of carbonyl (C=O) groups is 1. The summed E-state index contributed by atoms with van der Waals surface area (Å²) in [6, 6.07) is 11.2. The fourth-order valence-electron chi connectivity index (χ4n) is 2.04. The molecule has 3 heteroatoms. The van der Waals surface area contributed by atoms with E-state index in [2.05, 4.69) is 10.3 Å². The first-order valence-electron chi connectivity index (χ1n) is 5.40. The van der Waals surface area contributed by atoms with Crippen LogP contribution in [0.4, 0.5) is 5.69 Å². The minimum atomic E-state index is 0.0526. The van der Waals surface area contributed by atoms with Crippen LogP contribution >= 0.6 is 0 Å². The normalized spacial score (nSPS) is 13.2. The summed E-state index contributed by atoms with van der Waals surface area (Å²) in [5, 5.41) is 3.24. The van der Waals surface area contributed by atoms with Gasteiger partial charge in [0.15, 0.2) is 0 Å². The van der Waals surface area contributed by atoms with Crippen molar-refractivity contribution in [1.29, 1.82) is 0 Å². The first kappa shape index (κ1) is 9.21. The molecule has 0 amide bonds. The zero-order chi connectivity index (χ0) is 11.0. The standard InChI is InChI=1S/C13H12N2O/c16-13(9-4-2-1-3-5-9)12-8-11-10(15-12)6-7-14-11/h1-5,8,14-15H,6-7H2. The van der Waals surface area contributed by atoms with Crippen LogP contribution in [0.3, 0.4) is 0 Å². The Bertz CT molecular complexity index is 507. The maximum absolute atomic E-state index is 12.1. The molecule has 1 aliphatic heterocycles. The molecule has 0 bridgehead atoms. The molecule has 0 atom stereocenters. The van der Waals surface area contributed by atoms with Gasteiger partial charge in [0, 0.05) is 24.2 Å². The van der Waals surface area contributed by atoms with Gasteiger partial charge in [-0.2, -0.15) is 0 Å². The van der Waals surface area contributed by atoms with Crippen molar-refractivity contribution in [3.8, 4) is 0 Å². The van der Waals surface area contributed by atoms with Crippen LogP contribution in [0.2, 0.25) is 0 Å². The van der Waals surface area contributed by atoms with Crippen molar-refractivity contribution in [2.24, 2.45) is 0 Å². The molecular weight excluding hydrogens is 200 g/mol. The summed E-state index contributed by atoms with van der Waals surface area (Å²) in [4.78, 5) is 15.3. The minimum Gasteiger partial charge on any atom is -0.383 e. The van der Waals surface area contributed by atoms with Crippen LogP contribution in [0.1, 0.15) is 21.7 Å². The Morgan fingerprint density at radius 1 is 1.19 bits per heavy atom. The summed E-state index contributed by atoms with van der Waals surface area (Å²) in [6.07, 6.45) is 0.970. The molecule has 1 aromatic heterocycles. The fourth-order valence-corrected chi connectivity index (χ4v) is 2.04. The predicted molar refractivity (Wildman–Crippen MR) is 62.9 cm³/mol. The number of anilines is 1. The van der Waals surface area contributed by atoms with Gasteiger partial charge in [0.2, 0.25) is 5.78 Å². The van der Waals surface area contributed by atoms with E-state index >= 15 is 0 Å². The Labute approximate surface area is 93.5 Å². The Kier molecular flexibility index (Phi) is 2.03. The number of nitrogens with one attached hydrogen (secondary N) is 2. The Morgan fingerprint density at radius 2 is 2.00 bits per heavy atom. The monoisotopic (exact) mass is 212 g/mol. The topological polar surface area (TPSA) is 44.9 Å². The Morgan fingerprint density at radius 3 is 2.75 bits per heavy atom. The van der Waals surface area contributed by atoms with E-state index in [1.54, 1.807) is 0 Å². The van der Waals surface area contributed by atoms with E-state index in [1.165, 1.54) is 0 Å². The van der Waals surface area contributed by atoms with Gasteiger partial charge in [-0.25, -0.2) is 0 Å². The average Bonchev–Trinajstić information content (AvgIpc) is 2.89. The van der Waals surface area contributed by atoms with Crippen molar-refractivity contribution >= 4 is 11.5 Å². The van der Waals surface area contributed by atoms with Crippen LogP contribution < -0.4 is 5.32 Å². The molecule has 3 rings (SSSR count). The van der Waals surface area contributed by atoms with Gasteiger partial charge < -0.3 is 10.3 Å². The second-order valence-corrected chi connectivity index (χ2v) is 3.95. The average molecular weight is 212 g/mol. The van der Waals surface area contributed by atoms with Gasteiger partial charge in [0.05, 0.1) is 11.4 Å². The van der Waals surface area contributed by atoms with Crippen LogP contribution in [0.5, 0.6) is 0 Å². The van der Waals surface area contributed by atoms with Gasteiger partial charge in [0.25, 0.3) is 0 Å². The van der Waals surface area contributed by atoms with Crippen LogP contribution in [-0.4, -0.2) is 17.3 Å². The van der Waals surface area contributed by atoms with Crippen molar-refractivity contribution in [1.82, 2.24) is 4.98 Å². The molecule has 3 nitrogen and oxygen atoms in total. The van der Waals surface area contributed by atoms with Gasteiger partial charge in [-0.3, -0.25) is 4.79 Å². The van der Waals surface area contributed by atoms with Crippen LogP contribution in [-0.2, 0) is 6.42 Å². The first-order chi connectivity index (χ1) is 7.84. The van der Waals surface area contributed by atoms with Crippen molar-refractivity contribution in [2.45, 2.75) is 6.42 Å².